The van der Waals surface area contributed by atoms with E-state index in [1.807, 2.05) is 0 Å². The summed E-state index contributed by atoms with van der Waals surface area (Å²) in [5.41, 5.74) is 5.22. The molecule has 19 heavy (non-hydrogen) atoms. The Kier molecular flexibility index (Phi) is 4.63. The monoisotopic (exact) mass is 275 g/mol. The van der Waals surface area contributed by atoms with Crippen LogP contribution in [0.15, 0.2) is 23.4 Å². The van der Waals surface area contributed by atoms with Crippen molar-refractivity contribution in [3.05, 3.63) is 29.3 Å². The average molecular weight is 275 g/mol. The first-order valence-electron chi connectivity index (χ1n) is 5.65. The van der Waals surface area contributed by atoms with E-state index in [0.717, 1.165) is 6.07 Å². The quantitative estimate of drug-likeness (QED) is 0.342. The standard InChI is InChI=1S/C12H16F3N3O/c1-7-3-4-9(5-10(7)12(13,14)15)17-6-8(2)11(16)18-19/h3-5,8,17,19H,6H2,1-2H3,(H2,16,18). The van der Waals surface area contributed by atoms with Crippen LogP contribution in [0.1, 0.15) is 18.1 Å². The lowest BCUT2D eigenvalue weighted by Crippen LogP contribution is -2.27. The summed E-state index contributed by atoms with van der Waals surface area (Å²) in [6.45, 7) is 3.38. The van der Waals surface area contributed by atoms with E-state index in [1.54, 1.807) is 13.0 Å². The normalized spacial score (nSPS) is 14.3. The number of nitrogens with zero attached hydrogens (tertiary/aromatic N) is 1. The molecule has 4 N–H and O–H groups in total. The molecule has 0 saturated heterocycles. The van der Waals surface area contributed by atoms with Gasteiger partial charge in [0, 0.05) is 18.2 Å². The van der Waals surface area contributed by atoms with Crippen molar-refractivity contribution >= 4 is 11.5 Å². The molecule has 0 aliphatic carbocycles. The fourth-order valence-electron chi connectivity index (χ4n) is 1.51. The Balaban J connectivity index is 2.81. The zero-order valence-corrected chi connectivity index (χ0v) is 10.6. The lowest BCUT2D eigenvalue weighted by atomic mass is 10.1. The smallest absolute Gasteiger partial charge is 0.409 e. The highest BCUT2D eigenvalue weighted by Crippen LogP contribution is 2.33. The Morgan fingerprint density at radius 1 is 1.47 bits per heavy atom. The molecule has 0 aromatic heterocycles. The summed E-state index contributed by atoms with van der Waals surface area (Å²) < 4.78 is 38.1. The number of nitrogens with two attached hydrogens (primary N) is 1. The lowest BCUT2D eigenvalue weighted by molar-refractivity contribution is -0.138. The van der Waals surface area contributed by atoms with Gasteiger partial charge < -0.3 is 16.3 Å². The van der Waals surface area contributed by atoms with Crippen LogP contribution in [-0.4, -0.2) is 17.6 Å². The van der Waals surface area contributed by atoms with Crippen molar-refractivity contribution in [2.45, 2.75) is 20.0 Å². The summed E-state index contributed by atoms with van der Waals surface area (Å²) in [4.78, 5) is 0. The zero-order chi connectivity index (χ0) is 14.6. The van der Waals surface area contributed by atoms with Crippen molar-refractivity contribution in [3.8, 4) is 0 Å². The SMILES string of the molecule is Cc1ccc(NCC(C)C(N)=NO)cc1C(F)(F)F. The first-order chi connectivity index (χ1) is 8.75. The summed E-state index contributed by atoms with van der Waals surface area (Å²) in [7, 11) is 0. The number of hydrogen-bond donors (Lipinski definition) is 3. The number of oxime groups is 1. The van der Waals surface area contributed by atoms with E-state index in [0.29, 0.717) is 5.69 Å². The Labute approximate surface area is 109 Å². The second-order valence-electron chi connectivity index (χ2n) is 4.33. The van der Waals surface area contributed by atoms with Crippen LogP contribution in [0.25, 0.3) is 0 Å². The van der Waals surface area contributed by atoms with E-state index < -0.39 is 11.7 Å². The first-order valence-corrected chi connectivity index (χ1v) is 5.65. The fourth-order valence-corrected chi connectivity index (χ4v) is 1.51. The van der Waals surface area contributed by atoms with Crippen LogP contribution in [0.5, 0.6) is 0 Å². The van der Waals surface area contributed by atoms with Crippen LogP contribution in [-0.2, 0) is 6.18 Å². The zero-order valence-electron chi connectivity index (χ0n) is 10.6. The lowest BCUT2D eigenvalue weighted by Gasteiger charge is -2.15. The first kappa shape index (κ1) is 15.1. The van der Waals surface area contributed by atoms with E-state index in [2.05, 4.69) is 10.5 Å². The molecular weight excluding hydrogens is 259 g/mol. The van der Waals surface area contributed by atoms with Crippen molar-refractivity contribution in [1.82, 2.24) is 0 Å². The van der Waals surface area contributed by atoms with Gasteiger partial charge in [0.2, 0.25) is 0 Å². The molecule has 0 fully saturated rings. The maximum absolute atomic E-state index is 12.7. The molecule has 1 rings (SSSR count). The molecule has 0 radical (unpaired) electrons. The Morgan fingerprint density at radius 3 is 2.63 bits per heavy atom. The summed E-state index contributed by atoms with van der Waals surface area (Å²) >= 11 is 0. The van der Waals surface area contributed by atoms with Gasteiger partial charge in [0.05, 0.1) is 5.56 Å². The molecule has 7 heteroatoms. The number of hydrogen-bond acceptors (Lipinski definition) is 3. The van der Waals surface area contributed by atoms with Crippen molar-refractivity contribution in [2.75, 3.05) is 11.9 Å². The van der Waals surface area contributed by atoms with E-state index in [-0.39, 0.29) is 23.9 Å². The molecular formula is C12H16F3N3O. The molecule has 0 heterocycles. The Hall–Kier alpha value is -1.92. The molecule has 0 aliphatic rings. The molecule has 1 aromatic rings. The van der Waals surface area contributed by atoms with E-state index in [9.17, 15) is 13.2 Å². The van der Waals surface area contributed by atoms with Gasteiger partial charge in [-0.15, -0.1) is 0 Å². The van der Waals surface area contributed by atoms with Crippen LogP contribution >= 0.6 is 0 Å². The van der Waals surface area contributed by atoms with Gasteiger partial charge in [-0.05, 0) is 24.6 Å². The van der Waals surface area contributed by atoms with Gasteiger partial charge in [0.1, 0.15) is 5.84 Å². The number of nitrogens with one attached hydrogen (secondary N) is 1. The van der Waals surface area contributed by atoms with Gasteiger partial charge >= 0.3 is 6.18 Å². The van der Waals surface area contributed by atoms with Crippen LogP contribution in [0.3, 0.4) is 0 Å². The number of aryl methyl sites for hydroxylation is 1. The second-order valence-corrected chi connectivity index (χ2v) is 4.33. The summed E-state index contributed by atoms with van der Waals surface area (Å²) in [5, 5.41) is 14.1. The van der Waals surface area contributed by atoms with Gasteiger partial charge in [0.25, 0.3) is 0 Å². The molecule has 1 aromatic carbocycles. The molecule has 1 atom stereocenters. The second kappa shape index (κ2) is 5.81. The van der Waals surface area contributed by atoms with E-state index >= 15 is 0 Å². The number of rotatable bonds is 4. The van der Waals surface area contributed by atoms with Gasteiger partial charge in [-0.1, -0.05) is 18.1 Å². The van der Waals surface area contributed by atoms with Crippen LogP contribution in [0.4, 0.5) is 18.9 Å². The van der Waals surface area contributed by atoms with Crippen LogP contribution in [0.2, 0.25) is 0 Å². The van der Waals surface area contributed by atoms with Crippen molar-refractivity contribution in [1.29, 1.82) is 0 Å². The Bertz CT molecular complexity index is 472. The molecule has 1 unspecified atom stereocenters. The summed E-state index contributed by atoms with van der Waals surface area (Å²) in [6.07, 6.45) is -4.38. The molecule has 0 saturated carbocycles. The minimum atomic E-state index is -4.38. The van der Waals surface area contributed by atoms with Crippen LogP contribution < -0.4 is 11.1 Å². The largest absolute Gasteiger partial charge is 0.416 e. The molecule has 106 valence electrons. The van der Waals surface area contributed by atoms with Gasteiger partial charge in [-0.3, -0.25) is 0 Å². The van der Waals surface area contributed by atoms with Crippen molar-refractivity contribution in [2.24, 2.45) is 16.8 Å². The highest BCUT2D eigenvalue weighted by atomic mass is 19.4. The Morgan fingerprint density at radius 2 is 2.11 bits per heavy atom. The van der Waals surface area contributed by atoms with Crippen molar-refractivity contribution < 1.29 is 18.4 Å². The fraction of sp³-hybridized carbons (Fsp3) is 0.417. The number of anilines is 1. The predicted octanol–water partition coefficient (Wildman–Crippen LogP) is 2.81. The van der Waals surface area contributed by atoms with Gasteiger partial charge in [-0.25, -0.2) is 0 Å². The van der Waals surface area contributed by atoms with Gasteiger partial charge in [-0.2, -0.15) is 13.2 Å². The number of benzene rings is 1. The third-order valence-electron chi connectivity index (χ3n) is 2.78. The topological polar surface area (TPSA) is 70.6 Å². The predicted molar refractivity (Wildman–Crippen MR) is 67.2 cm³/mol. The minimum absolute atomic E-state index is 0.0238. The van der Waals surface area contributed by atoms with Crippen molar-refractivity contribution in [3.63, 3.8) is 0 Å². The highest BCUT2D eigenvalue weighted by Gasteiger charge is 2.32. The minimum Gasteiger partial charge on any atom is -0.409 e. The van der Waals surface area contributed by atoms with Crippen LogP contribution in [0, 0.1) is 12.8 Å². The molecule has 0 bridgehead atoms. The number of halogens is 3. The maximum Gasteiger partial charge on any atom is 0.416 e. The summed E-state index contributed by atoms with van der Waals surface area (Å²) in [5.74, 6) is -0.267. The third kappa shape index (κ3) is 4.04. The third-order valence-corrected chi connectivity index (χ3v) is 2.78. The van der Waals surface area contributed by atoms with E-state index in [4.69, 9.17) is 10.9 Å². The van der Waals surface area contributed by atoms with Gasteiger partial charge in [0.15, 0.2) is 0 Å². The summed E-state index contributed by atoms with van der Waals surface area (Å²) in [6, 6.07) is 4.01. The molecule has 0 spiro atoms. The van der Waals surface area contributed by atoms with E-state index in [1.165, 1.54) is 13.0 Å². The molecule has 4 nitrogen and oxygen atoms in total. The highest BCUT2D eigenvalue weighted by molar-refractivity contribution is 5.82. The number of alkyl halides is 3. The molecule has 0 amide bonds. The maximum atomic E-state index is 12.7. The molecule has 0 aliphatic heterocycles. The number of amidine groups is 1. The average Bonchev–Trinajstić information content (AvgIpc) is 2.35.